The first-order valence-corrected chi connectivity index (χ1v) is 8.50. The molecule has 21 heavy (non-hydrogen) atoms. The van der Waals surface area contributed by atoms with E-state index in [-0.39, 0.29) is 11.9 Å². The number of carbonyl (C=O) groups excluding carboxylic acids is 1. The SMILES string of the molecule is CCc1cc2cc(C(=O)N[C@@H]3C[C@H]4CC[C@@H]3N4)ncc2s1. The second-order valence-corrected chi connectivity index (χ2v) is 7.21. The molecule has 0 unspecified atom stereocenters. The van der Waals surface area contributed by atoms with Crippen LogP contribution in [0.2, 0.25) is 0 Å². The zero-order valence-corrected chi connectivity index (χ0v) is 12.9. The Bertz CT molecular complexity index is 696. The van der Waals surface area contributed by atoms with E-state index in [9.17, 15) is 4.79 Å². The lowest BCUT2D eigenvalue weighted by Crippen LogP contribution is -2.43. The summed E-state index contributed by atoms with van der Waals surface area (Å²) in [6.45, 7) is 2.15. The minimum Gasteiger partial charge on any atom is -0.346 e. The van der Waals surface area contributed by atoms with Gasteiger partial charge < -0.3 is 10.6 Å². The fourth-order valence-electron chi connectivity index (χ4n) is 3.53. The maximum Gasteiger partial charge on any atom is 0.270 e. The first-order chi connectivity index (χ1) is 10.2. The summed E-state index contributed by atoms with van der Waals surface area (Å²) in [7, 11) is 0. The molecule has 2 aromatic heterocycles. The third-order valence-electron chi connectivity index (χ3n) is 4.65. The van der Waals surface area contributed by atoms with Gasteiger partial charge in [-0.25, -0.2) is 4.98 Å². The highest BCUT2D eigenvalue weighted by Crippen LogP contribution is 2.29. The second-order valence-electron chi connectivity index (χ2n) is 6.04. The summed E-state index contributed by atoms with van der Waals surface area (Å²) >= 11 is 1.76. The average Bonchev–Trinajstić information content (AvgIpc) is 3.20. The van der Waals surface area contributed by atoms with Crippen molar-refractivity contribution >= 4 is 27.3 Å². The average molecular weight is 301 g/mol. The first kappa shape index (κ1) is 13.2. The van der Waals surface area contributed by atoms with Crippen molar-refractivity contribution in [1.82, 2.24) is 15.6 Å². The minimum absolute atomic E-state index is 0.0412. The quantitative estimate of drug-likeness (QED) is 0.916. The summed E-state index contributed by atoms with van der Waals surface area (Å²) in [6.07, 6.45) is 6.32. The van der Waals surface area contributed by atoms with Crippen molar-refractivity contribution in [3.8, 4) is 0 Å². The lowest BCUT2D eigenvalue weighted by Gasteiger charge is -2.21. The van der Waals surface area contributed by atoms with Crippen molar-refractivity contribution in [2.45, 2.75) is 50.7 Å². The highest BCUT2D eigenvalue weighted by Gasteiger charge is 2.39. The molecule has 0 radical (unpaired) electrons. The number of hydrogen-bond donors (Lipinski definition) is 2. The predicted octanol–water partition coefficient (Wildman–Crippen LogP) is 2.48. The molecular formula is C16H19N3OS. The van der Waals surface area contributed by atoms with Crippen LogP contribution in [-0.4, -0.2) is 29.0 Å². The van der Waals surface area contributed by atoms with Gasteiger partial charge in [-0.2, -0.15) is 0 Å². The summed E-state index contributed by atoms with van der Waals surface area (Å²) in [5.41, 5.74) is 0.533. The van der Waals surface area contributed by atoms with Crippen LogP contribution in [0.25, 0.3) is 10.1 Å². The van der Waals surface area contributed by atoms with Crippen LogP contribution in [0, 0.1) is 0 Å². The molecule has 0 aliphatic carbocycles. The molecule has 2 N–H and O–H groups in total. The van der Waals surface area contributed by atoms with E-state index in [1.54, 1.807) is 11.3 Å². The third-order valence-corrected chi connectivity index (χ3v) is 5.88. The number of pyridine rings is 1. The zero-order valence-electron chi connectivity index (χ0n) is 12.1. The van der Waals surface area contributed by atoms with E-state index in [4.69, 9.17) is 0 Å². The van der Waals surface area contributed by atoms with Crippen LogP contribution >= 0.6 is 11.3 Å². The summed E-state index contributed by atoms with van der Waals surface area (Å²) in [5.74, 6) is -0.0412. The highest BCUT2D eigenvalue weighted by atomic mass is 32.1. The lowest BCUT2D eigenvalue weighted by molar-refractivity contribution is 0.0926. The summed E-state index contributed by atoms with van der Waals surface area (Å²) < 4.78 is 1.16. The molecule has 2 fully saturated rings. The van der Waals surface area contributed by atoms with Crippen molar-refractivity contribution in [3.05, 3.63) is 28.9 Å². The topological polar surface area (TPSA) is 54.0 Å². The first-order valence-electron chi connectivity index (χ1n) is 7.68. The third kappa shape index (κ3) is 2.34. The van der Waals surface area contributed by atoms with E-state index in [0.717, 1.165) is 22.9 Å². The van der Waals surface area contributed by atoms with Gasteiger partial charge in [-0.1, -0.05) is 6.92 Å². The van der Waals surface area contributed by atoms with Gasteiger partial charge in [0, 0.05) is 29.2 Å². The Labute approximate surface area is 128 Å². The van der Waals surface area contributed by atoms with Crippen LogP contribution < -0.4 is 10.6 Å². The van der Waals surface area contributed by atoms with Crippen molar-refractivity contribution in [2.75, 3.05) is 0 Å². The van der Waals surface area contributed by atoms with E-state index in [2.05, 4.69) is 28.6 Å². The molecule has 1 amide bonds. The molecule has 2 aliphatic heterocycles. The van der Waals surface area contributed by atoms with Gasteiger partial charge in [0.2, 0.25) is 0 Å². The Kier molecular flexibility index (Phi) is 3.19. The molecule has 4 nitrogen and oxygen atoms in total. The normalized spacial score (nSPS) is 27.4. The Morgan fingerprint density at radius 1 is 1.48 bits per heavy atom. The van der Waals surface area contributed by atoms with E-state index in [0.29, 0.717) is 17.8 Å². The maximum absolute atomic E-state index is 12.4. The number of nitrogens with zero attached hydrogens (tertiary/aromatic N) is 1. The fraction of sp³-hybridized carbons (Fsp3) is 0.500. The number of rotatable bonds is 3. The molecule has 5 heteroatoms. The van der Waals surface area contributed by atoms with Gasteiger partial charge in [-0.15, -0.1) is 11.3 Å². The summed E-state index contributed by atoms with van der Waals surface area (Å²) in [4.78, 5) is 18.1. The van der Waals surface area contributed by atoms with Crippen LogP contribution in [0.5, 0.6) is 0 Å². The zero-order chi connectivity index (χ0) is 14.4. The van der Waals surface area contributed by atoms with Gasteiger partial charge in [0.15, 0.2) is 0 Å². The molecule has 2 saturated heterocycles. The van der Waals surface area contributed by atoms with Crippen molar-refractivity contribution < 1.29 is 4.79 Å². The van der Waals surface area contributed by atoms with Crippen molar-refractivity contribution in [1.29, 1.82) is 0 Å². The Balaban J connectivity index is 1.53. The van der Waals surface area contributed by atoms with Crippen LogP contribution in [0.4, 0.5) is 0 Å². The van der Waals surface area contributed by atoms with E-state index in [1.165, 1.54) is 17.7 Å². The van der Waals surface area contributed by atoms with E-state index in [1.807, 2.05) is 12.3 Å². The molecule has 4 rings (SSSR count). The van der Waals surface area contributed by atoms with Gasteiger partial charge in [-0.3, -0.25) is 4.79 Å². The number of amides is 1. The maximum atomic E-state index is 12.4. The van der Waals surface area contributed by atoms with E-state index >= 15 is 0 Å². The van der Waals surface area contributed by atoms with Crippen molar-refractivity contribution in [2.24, 2.45) is 0 Å². The molecule has 110 valence electrons. The second kappa shape index (κ2) is 5.07. The molecular weight excluding hydrogens is 282 g/mol. The number of aryl methyl sites for hydroxylation is 1. The molecule has 2 aliphatic rings. The van der Waals surface area contributed by atoms with Gasteiger partial charge in [0.25, 0.3) is 5.91 Å². The van der Waals surface area contributed by atoms with E-state index < -0.39 is 0 Å². The number of hydrogen-bond acceptors (Lipinski definition) is 4. The van der Waals surface area contributed by atoms with Crippen LogP contribution in [-0.2, 0) is 6.42 Å². The lowest BCUT2D eigenvalue weighted by atomic mass is 9.95. The smallest absolute Gasteiger partial charge is 0.270 e. The number of aromatic nitrogens is 1. The summed E-state index contributed by atoms with van der Waals surface area (Å²) in [6, 6.07) is 5.40. The van der Waals surface area contributed by atoms with Crippen LogP contribution in [0.3, 0.4) is 0 Å². The predicted molar refractivity (Wildman–Crippen MR) is 84.8 cm³/mol. The van der Waals surface area contributed by atoms with Gasteiger partial charge in [0.1, 0.15) is 5.69 Å². The Morgan fingerprint density at radius 2 is 2.38 bits per heavy atom. The minimum atomic E-state index is -0.0412. The molecule has 0 aromatic carbocycles. The standard InChI is InChI=1S/C16H19N3OS/c1-2-11-5-9-6-14(17-8-15(9)21-11)16(20)19-13-7-10-3-4-12(13)18-10/h5-6,8,10,12-13,18H,2-4,7H2,1H3,(H,19,20)/t10-,12+,13-/m1/s1. The van der Waals surface area contributed by atoms with Gasteiger partial charge in [0.05, 0.1) is 4.70 Å². The fourth-order valence-corrected chi connectivity index (χ4v) is 4.48. The van der Waals surface area contributed by atoms with Crippen LogP contribution in [0.1, 0.15) is 41.6 Å². The van der Waals surface area contributed by atoms with Gasteiger partial charge >= 0.3 is 0 Å². The number of carbonyl (C=O) groups is 1. The van der Waals surface area contributed by atoms with Crippen LogP contribution in [0.15, 0.2) is 18.3 Å². The van der Waals surface area contributed by atoms with Crippen molar-refractivity contribution in [3.63, 3.8) is 0 Å². The molecule has 2 bridgehead atoms. The Hall–Kier alpha value is -1.46. The molecule has 2 aromatic rings. The number of fused-ring (bicyclic) bond motifs is 3. The summed E-state index contributed by atoms with van der Waals surface area (Å²) in [5, 5.41) is 7.82. The molecule has 4 heterocycles. The number of thiophene rings is 1. The number of nitrogens with one attached hydrogen (secondary N) is 2. The highest BCUT2D eigenvalue weighted by molar-refractivity contribution is 7.19. The monoisotopic (exact) mass is 301 g/mol. The largest absolute Gasteiger partial charge is 0.346 e. The molecule has 0 spiro atoms. The molecule has 0 saturated carbocycles. The van der Waals surface area contributed by atoms with Gasteiger partial charge in [-0.05, 0) is 43.2 Å². The Morgan fingerprint density at radius 3 is 3.10 bits per heavy atom. The molecule has 3 atom stereocenters.